The third-order valence-corrected chi connectivity index (χ3v) is 11.4. The average Bonchev–Trinajstić information content (AvgIpc) is 3.35. The molecule has 3 heteroatoms. The van der Waals surface area contributed by atoms with Gasteiger partial charge in [0.1, 0.15) is 0 Å². The van der Waals surface area contributed by atoms with E-state index in [0.717, 1.165) is 62.4 Å². The minimum absolute atomic E-state index is 0.108. The van der Waals surface area contributed by atoms with Gasteiger partial charge in [0.15, 0.2) is 0 Å². The van der Waals surface area contributed by atoms with Gasteiger partial charge in [-0.05, 0) is 111 Å². The fraction of sp³-hybridized carbons (Fsp3) is 0.897. The van der Waals surface area contributed by atoms with E-state index in [2.05, 4.69) is 38.7 Å². The second-order valence-electron chi connectivity index (χ2n) is 13.1. The molecule has 32 heavy (non-hydrogen) atoms. The molecule has 3 nitrogen and oxygen atoms in total. The zero-order chi connectivity index (χ0) is 22.7. The number of nitrogens with zero attached hydrogens (tertiary/aromatic N) is 1. The highest BCUT2D eigenvalue weighted by atomic mass is 16.3. The predicted molar refractivity (Wildman–Crippen MR) is 130 cm³/mol. The van der Waals surface area contributed by atoms with E-state index in [-0.39, 0.29) is 6.10 Å². The third kappa shape index (κ3) is 3.69. The Bertz CT molecular complexity index is 760. The molecule has 0 aromatic heterocycles. The van der Waals surface area contributed by atoms with E-state index in [1.54, 1.807) is 5.57 Å². The lowest BCUT2D eigenvalue weighted by molar-refractivity contribution is -0.130. The second-order valence-corrected chi connectivity index (χ2v) is 13.1. The van der Waals surface area contributed by atoms with Crippen molar-refractivity contribution in [2.75, 3.05) is 13.1 Å². The van der Waals surface area contributed by atoms with Gasteiger partial charge in [0.2, 0.25) is 5.91 Å². The molecule has 0 radical (unpaired) electrons. The van der Waals surface area contributed by atoms with Crippen molar-refractivity contribution in [2.45, 2.75) is 104 Å². The van der Waals surface area contributed by atoms with Crippen molar-refractivity contribution < 1.29 is 9.90 Å². The van der Waals surface area contributed by atoms with Crippen LogP contribution < -0.4 is 0 Å². The van der Waals surface area contributed by atoms with E-state index in [1.807, 2.05) is 0 Å². The van der Waals surface area contributed by atoms with Crippen molar-refractivity contribution >= 4 is 5.91 Å². The van der Waals surface area contributed by atoms with Crippen LogP contribution in [0.15, 0.2) is 11.6 Å². The van der Waals surface area contributed by atoms with Crippen molar-refractivity contribution in [3.8, 4) is 0 Å². The first kappa shape index (κ1) is 22.9. The quantitative estimate of drug-likeness (QED) is 0.527. The SMILES string of the molecule is CC(CCC(=O)N1CC[C@H](C)C1)[C@H]1CC[C@H]2[C@@H]3CC=C4C[C@@H](O)CC[C@]4(C)[C@H]3CC[C@]12C. The fourth-order valence-corrected chi connectivity index (χ4v) is 9.49. The summed E-state index contributed by atoms with van der Waals surface area (Å²) in [5, 5.41) is 10.2. The smallest absolute Gasteiger partial charge is 0.222 e. The second kappa shape index (κ2) is 8.43. The Kier molecular flexibility index (Phi) is 6.05. The van der Waals surface area contributed by atoms with Gasteiger partial charge in [0.25, 0.3) is 0 Å². The number of hydrogen-bond acceptors (Lipinski definition) is 2. The van der Waals surface area contributed by atoms with Crippen LogP contribution in [0.5, 0.6) is 0 Å². The van der Waals surface area contributed by atoms with Crippen molar-refractivity contribution in [1.82, 2.24) is 4.90 Å². The third-order valence-electron chi connectivity index (χ3n) is 11.4. The van der Waals surface area contributed by atoms with E-state index in [9.17, 15) is 9.90 Å². The van der Waals surface area contributed by atoms with Crippen LogP contribution in [0, 0.1) is 46.3 Å². The Hall–Kier alpha value is -0.830. The van der Waals surface area contributed by atoms with Crippen LogP contribution in [0.25, 0.3) is 0 Å². The number of aliphatic hydroxyl groups is 1. The van der Waals surface area contributed by atoms with Gasteiger partial charge >= 0.3 is 0 Å². The summed E-state index contributed by atoms with van der Waals surface area (Å²) in [6, 6.07) is 0. The standard InChI is InChI=1S/C29H47NO2/c1-19-13-16-30(18-19)27(32)10-5-20(2)24-8-9-25-23-7-6-21-17-22(31)11-14-28(21,3)26(23)12-15-29(24,25)4/h6,19-20,22-26,31H,5,7-18H2,1-4H3/t19-,20?,22-,23-,24+,25-,26-,28-,29+/m0/s1. The number of carbonyl (C=O) groups is 1. The maximum absolute atomic E-state index is 12.8. The van der Waals surface area contributed by atoms with Crippen molar-refractivity contribution in [3.63, 3.8) is 0 Å². The molecule has 4 aliphatic carbocycles. The molecule has 1 amide bonds. The van der Waals surface area contributed by atoms with Crippen LogP contribution in [-0.2, 0) is 4.79 Å². The lowest BCUT2D eigenvalue weighted by Crippen LogP contribution is -2.50. The number of carbonyl (C=O) groups excluding carboxylic acids is 1. The van der Waals surface area contributed by atoms with Crippen molar-refractivity contribution in [2.24, 2.45) is 46.3 Å². The highest BCUT2D eigenvalue weighted by Crippen LogP contribution is 2.67. The van der Waals surface area contributed by atoms with Crippen LogP contribution in [0.3, 0.4) is 0 Å². The van der Waals surface area contributed by atoms with Gasteiger partial charge in [-0.2, -0.15) is 0 Å². The van der Waals surface area contributed by atoms with E-state index in [4.69, 9.17) is 0 Å². The molecule has 3 saturated carbocycles. The van der Waals surface area contributed by atoms with Gasteiger partial charge in [-0.3, -0.25) is 4.79 Å². The predicted octanol–water partition coefficient (Wildman–Crippen LogP) is 6.21. The van der Waals surface area contributed by atoms with E-state index in [0.29, 0.717) is 28.6 Å². The summed E-state index contributed by atoms with van der Waals surface area (Å²) in [7, 11) is 0. The zero-order valence-corrected chi connectivity index (χ0v) is 21.1. The molecule has 0 aromatic carbocycles. The lowest BCUT2D eigenvalue weighted by atomic mass is 9.47. The first-order valence-electron chi connectivity index (χ1n) is 13.9. The largest absolute Gasteiger partial charge is 0.393 e. The van der Waals surface area contributed by atoms with Crippen LogP contribution in [0.4, 0.5) is 0 Å². The minimum Gasteiger partial charge on any atom is -0.393 e. The molecule has 0 aromatic rings. The van der Waals surface area contributed by atoms with E-state index in [1.165, 1.54) is 44.9 Å². The zero-order valence-electron chi connectivity index (χ0n) is 21.1. The molecule has 1 unspecified atom stereocenters. The Balaban J connectivity index is 1.25. The molecule has 5 rings (SSSR count). The van der Waals surface area contributed by atoms with Crippen LogP contribution in [-0.4, -0.2) is 35.1 Å². The van der Waals surface area contributed by atoms with Gasteiger partial charge < -0.3 is 10.0 Å². The summed E-state index contributed by atoms with van der Waals surface area (Å²) in [4.78, 5) is 14.9. The average molecular weight is 442 g/mol. The highest BCUT2D eigenvalue weighted by molar-refractivity contribution is 5.76. The molecular formula is C29H47NO2. The number of amides is 1. The van der Waals surface area contributed by atoms with Crippen LogP contribution in [0.1, 0.15) is 98.3 Å². The highest BCUT2D eigenvalue weighted by Gasteiger charge is 2.59. The number of hydrogen-bond donors (Lipinski definition) is 1. The van der Waals surface area contributed by atoms with Gasteiger partial charge in [0.05, 0.1) is 6.10 Å². The summed E-state index contributed by atoms with van der Waals surface area (Å²) >= 11 is 0. The summed E-state index contributed by atoms with van der Waals surface area (Å²) in [6.45, 7) is 11.8. The molecule has 4 fully saturated rings. The topological polar surface area (TPSA) is 40.5 Å². The molecule has 180 valence electrons. The van der Waals surface area contributed by atoms with Gasteiger partial charge in [-0.15, -0.1) is 0 Å². The lowest BCUT2D eigenvalue weighted by Gasteiger charge is -2.58. The van der Waals surface area contributed by atoms with Crippen molar-refractivity contribution in [1.29, 1.82) is 0 Å². The molecule has 0 bridgehead atoms. The maximum atomic E-state index is 12.8. The monoisotopic (exact) mass is 441 g/mol. The summed E-state index contributed by atoms with van der Waals surface area (Å²) < 4.78 is 0. The Labute approximate surface area is 196 Å². The molecule has 1 saturated heterocycles. The first-order valence-corrected chi connectivity index (χ1v) is 13.9. The first-order chi connectivity index (χ1) is 15.2. The van der Waals surface area contributed by atoms with E-state index < -0.39 is 0 Å². The molecular weight excluding hydrogens is 394 g/mol. The number of rotatable bonds is 4. The summed E-state index contributed by atoms with van der Waals surface area (Å²) in [5.41, 5.74) is 2.38. The molecule has 1 heterocycles. The molecule has 0 spiro atoms. The Morgan fingerprint density at radius 3 is 2.72 bits per heavy atom. The molecule has 5 aliphatic rings. The van der Waals surface area contributed by atoms with Crippen molar-refractivity contribution in [3.05, 3.63) is 11.6 Å². The number of allylic oxidation sites excluding steroid dienone is 1. The fourth-order valence-electron chi connectivity index (χ4n) is 9.49. The number of fused-ring (bicyclic) bond motifs is 5. The van der Waals surface area contributed by atoms with Gasteiger partial charge in [-0.1, -0.05) is 39.3 Å². The minimum atomic E-state index is -0.108. The van der Waals surface area contributed by atoms with Crippen LogP contribution >= 0.6 is 0 Å². The Morgan fingerprint density at radius 2 is 1.97 bits per heavy atom. The maximum Gasteiger partial charge on any atom is 0.222 e. The normalized spacial score (nSPS) is 46.8. The summed E-state index contributed by atoms with van der Waals surface area (Å²) in [5.74, 6) is 5.03. The molecule has 9 atom stereocenters. The van der Waals surface area contributed by atoms with E-state index >= 15 is 0 Å². The molecule has 1 N–H and O–H groups in total. The van der Waals surface area contributed by atoms with Gasteiger partial charge in [0, 0.05) is 19.5 Å². The number of aliphatic hydroxyl groups excluding tert-OH is 1. The van der Waals surface area contributed by atoms with Crippen LogP contribution in [0.2, 0.25) is 0 Å². The van der Waals surface area contributed by atoms with Gasteiger partial charge in [-0.25, -0.2) is 0 Å². The number of likely N-dealkylation sites (tertiary alicyclic amines) is 1. The summed E-state index contributed by atoms with van der Waals surface area (Å²) in [6.07, 6.45) is 15.3. The Morgan fingerprint density at radius 1 is 1.16 bits per heavy atom. The molecule has 1 aliphatic heterocycles.